The summed E-state index contributed by atoms with van der Waals surface area (Å²) >= 11 is 9.36. The smallest absolute Gasteiger partial charge is 0.255 e. The molecule has 1 aliphatic rings. The van der Waals surface area contributed by atoms with Gasteiger partial charge in [0.2, 0.25) is 0 Å². The molecule has 1 atom stereocenters. The van der Waals surface area contributed by atoms with E-state index in [0.29, 0.717) is 16.6 Å². The van der Waals surface area contributed by atoms with Crippen LogP contribution in [0.15, 0.2) is 22.7 Å². The number of hydrogen-bond acceptors (Lipinski definition) is 2. The van der Waals surface area contributed by atoms with Crippen LogP contribution in [0.5, 0.6) is 0 Å². The van der Waals surface area contributed by atoms with Crippen molar-refractivity contribution in [3.63, 3.8) is 0 Å². The monoisotopic (exact) mass is 330 g/mol. The number of amides is 1. The Morgan fingerprint density at radius 3 is 3.06 bits per heavy atom. The number of piperidine rings is 1. The molecule has 98 valence electrons. The van der Waals surface area contributed by atoms with Gasteiger partial charge in [-0.05, 0) is 54.0 Å². The zero-order valence-electron chi connectivity index (χ0n) is 10.2. The normalized spacial score (nSPS) is 19.9. The summed E-state index contributed by atoms with van der Waals surface area (Å²) < 4.78 is 0.795. The van der Waals surface area contributed by atoms with Gasteiger partial charge in [0.15, 0.2) is 0 Å². The van der Waals surface area contributed by atoms with E-state index < -0.39 is 0 Å². The van der Waals surface area contributed by atoms with Crippen molar-refractivity contribution in [1.29, 1.82) is 0 Å². The number of hydrogen-bond donors (Lipinski definition) is 1. The van der Waals surface area contributed by atoms with E-state index in [0.717, 1.165) is 30.4 Å². The average molecular weight is 332 g/mol. The summed E-state index contributed by atoms with van der Waals surface area (Å²) in [6, 6.07) is 5.70. The summed E-state index contributed by atoms with van der Waals surface area (Å²) in [6.07, 6.45) is 2.16. The molecule has 0 saturated carbocycles. The predicted octanol–water partition coefficient (Wildman–Crippen LogP) is 2.93. The van der Waals surface area contributed by atoms with Gasteiger partial charge < -0.3 is 10.2 Å². The van der Waals surface area contributed by atoms with Crippen LogP contribution in [0.25, 0.3) is 0 Å². The topological polar surface area (TPSA) is 32.3 Å². The van der Waals surface area contributed by atoms with Crippen LogP contribution in [-0.2, 0) is 0 Å². The number of carbonyl (C=O) groups excluding carboxylic acids is 1. The fourth-order valence-electron chi connectivity index (χ4n) is 2.23. The number of nitrogens with zero attached hydrogens (tertiary/aromatic N) is 1. The lowest BCUT2D eigenvalue weighted by Gasteiger charge is -2.32. The lowest BCUT2D eigenvalue weighted by molar-refractivity contribution is 0.0697. The molecule has 1 fully saturated rings. The first-order chi connectivity index (χ1) is 8.61. The van der Waals surface area contributed by atoms with E-state index in [2.05, 4.69) is 21.2 Å². The first-order valence-electron chi connectivity index (χ1n) is 6.03. The van der Waals surface area contributed by atoms with Crippen LogP contribution in [0.1, 0.15) is 23.2 Å². The minimum absolute atomic E-state index is 0.0457. The molecule has 1 aromatic carbocycles. The molecule has 18 heavy (non-hydrogen) atoms. The standard InChI is InChI=1S/C13H16BrClN2O/c1-16-10-3-2-6-17(8-10)13(18)11-7-9(15)4-5-12(11)14/h4-5,7,10,16H,2-3,6,8H2,1H3. The zero-order valence-corrected chi connectivity index (χ0v) is 12.6. The number of rotatable bonds is 2. The van der Waals surface area contributed by atoms with Gasteiger partial charge in [0.05, 0.1) is 5.56 Å². The lowest BCUT2D eigenvalue weighted by atomic mass is 10.0. The number of likely N-dealkylation sites (tertiary alicyclic amines) is 1. The van der Waals surface area contributed by atoms with Crippen LogP contribution in [0.3, 0.4) is 0 Å². The molecule has 0 aliphatic carbocycles. The average Bonchev–Trinajstić information content (AvgIpc) is 2.41. The van der Waals surface area contributed by atoms with Crippen molar-refractivity contribution in [2.45, 2.75) is 18.9 Å². The quantitative estimate of drug-likeness (QED) is 0.904. The Bertz CT molecular complexity index is 453. The highest BCUT2D eigenvalue weighted by Gasteiger charge is 2.24. The Hall–Kier alpha value is -0.580. The van der Waals surface area contributed by atoms with Crippen LogP contribution < -0.4 is 5.32 Å². The fourth-order valence-corrected chi connectivity index (χ4v) is 2.82. The first kappa shape index (κ1) is 13.8. The summed E-state index contributed by atoms with van der Waals surface area (Å²) in [5.74, 6) is 0.0457. The van der Waals surface area contributed by atoms with Crippen molar-refractivity contribution in [3.05, 3.63) is 33.3 Å². The minimum Gasteiger partial charge on any atom is -0.337 e. The van der Waals surface area contributed by atoms with Gasteiger partial charge >= 0.3 is 0 Å². The zero-order chi connectivity index (χ0) is 13.1. The van der Waals surface area contributed by atoms with E-state index in [4.69, 9.17) is 11.6 Å². The van der Waals surface area contributed by atoms with Crippen molar-refractivity contribution >= 4 is 33.4 Å². The molecule has 0 bridgehead atoms. The van der Waals surface area contributed by atoms with E-state index in [1.165, 1.54) is 0 Å². The Balaban J connectivity index is 2.17. The van der Waals surface area contributed by atoms with Gasteiger partial charge in [-0.3, -0.25) is 4.79 Å². The lowest BCUT2D eigenvalue weighted by Crippen LogP contribution is -2.47. The van der Waals surface area contributed by atoms with Crippen LogP contribution in [0, 0.1) is 0 Å². The van der Waals surface area contributed by atoms with E-state index >= 15 is 0 Å². The summed E-state index contributed by atoms with van der Waals surface area (Å²) in [6.45, 7) is 1.57. The molecule has 0 radical (unpaired) electrons. The van der Waals surface area contributed by atoms with Gasteiger partial charge in [-0.2, -0.15) is 0 Å². The van der Waals surface area contributed by atoms with Gasteiger partial charge in [0.25, 0.3) is 5.91 Å². The van der Waals surface area contributed by atoms with Gasteiger partial charge in [-0.1, -0.05) is 11.6 Å². The van der Waals surface area contributed by atoms with Crippen molar-refractivity contribution in [2.75, 3.05) is 20.1 Å². The maximum Gasteiger partial charge on any atom is 0.255 e. The van der Waals surface area contributed by atoms with Gasteiger partial charge in [-0.15, -0.1) is 0 Å². The highest BCUT2D eigenvalue weighted by atomic mass is 79.9. The SMILES string of the molecule is CNC1CCCN(C(=O)c2cc(Cl)ccc2Br)C1. The molecule has 1 amide bonds. The van der Waals surface area contributed by atoms with Crippen molar-refractivity contribution < 1.29 is 4.79 Å². The molecular weight excluding hydrogens is 316 g/mol. The second kappa shape index (κ2) is 6.04. The molecular formula is C13H16BrClN2O. The fraction of sp³-hybridized carbons (Fsp3) is 0.462. The third kappa shape index (κ3) is 3.05. The second-order valence-electron chi connectivity index (χ2n) is 4.50. The summed E-state index contributed by atoms with van der Waals surface area (Å²) in [4.78, 5) is 14.3. The third-order valence-corrected chi connectivity index (χ3v) is 4.20. The number of nitrogens with one attached hydrogen (secondary N) is 1. The number of likely N-dealkylation sites (N-methyl/N-ethyl adjacent to an activating group) is 1. The maximum absolute atomic E-state index is 12.4. The molecule has 1 N–H and O–H groups in total. The largest absolute Gasteiger partial charge is 0.337 e. The molecule has 0 spiro atoms. The molecule has 5 heteroatoms. The predicted molar refractivity (Wildman–Crippen MR) is 77.1 cm³/mol. The molecule has 1 saturated heterocycles. The third-order valence-electron chi connectivity index (χ3n) is 3.28. The van der Waals surface area contributed by atoms with E-state index in [9.17, 15) is 4.79 Å². The van der Waals surface area contributed by atoms with Crippen LogP contribution in [0.4, 0.5) is 0 Å². The Morgan fingerprint density at radius 2 is 2.33 bits per heavy atom. The first-order valence-corrected chi connectivity index (χ1v) is 7.20. The molecule has 1 aliphatic heterocycles. The second-order valence-corrected chi connectivity index (χ2v) is 5.79. The van der Waals surface area contributed by atoms with E-state index in [1.807, 2.05) is 18.0 Å². The van der Waals surface area contributed by atoms with Crippen LogP contribution in [0.2, 0.25) is 5.02 Å². The van der Waals surface area contributed by atoms with E-state index in [-0.39, 0.29) is 5.91 Å². The highest BCUT2D eigenvalue weighted by Crippen LogP contribution is 2.24. The minimum atomic E-state index is 0.0457. The van der Waals surface area contributed by atoms with Gasteiger partial charge in [0, 0.05) is 28.6 Å². The summed E-state index contributed by atoms with van der Waals surface area (Å²) in [7, 11) is 1.94. The van der Waals surface area contributed by atoms with Crippen molar-refractivity contribution in [3.8, 4) is 0 Å². The van der Waals surface area contributed by atoms with Crippen LogP contribution in [-0.4, -0.2) is 37.0 Å². The van der Waals surface area contributed by atoms with Crippen LogP contribution >= 0.6 is 27.5 Å². The Kier molecular flexibility index (Phi) is 4.65. The van der Waals surface area contributed by atoms with Crippen molar-refractivity contribution in [2.24, 2.45) is 0 Å². The Labute approximate surface area is 121 Å². The summed E-state index contributed by atoms with van der Waals surface area (Å²) in [5, 5.41) is 3.82. The van der Waals surface area contributed by atoms with Gasteiger partial charge in [-0.25, -0.2) is 0 Å². The maximum atomic E-state index is 12.4. The molecule has 2 rings (SSSR count). The number of halogens is 2. The molecule has 1 heterocycles. The molecule has 3 nitrogen and oxygen atoms in total. The van der Waals surface area contributed by atoms with Crippen molar-refractivity contribution in [1.82, 2.24) is 10.2 Å². The summed E-state index contributed by atoms with van der Waals surface area (Å²) in [5.41, 5.74) is 0.638. The molecule has 1 aromatic rings. The van der Waals surface area contributed by atoms with E-state index in [1.54, 1.807) is 12.1 Å². The Morgan fingerprint density at radius 1 is 1.56 bits per heavy atom. The van der Waals surface area contributed by atoms with Gasteiger partial charge in [0.1, 0.15) is 0 Å². The molecule has 0 aromatic heterocycles. The molecule has 1 unspecified atom stereocenters. The number of carbonyl (C=O) groups is 1. The number of benzene rings is 1. The highest BCUT2D eigenvalue weighted by molar-refractivity contribution is 9.10.